The second-order valence-corrected chi connectivity index (χ2v) is 14.3. The molecule has 3 nitrogen and oxygen atoms in total. The summed E-state index contributed by atoms with van der Waals surface area (Å²) in [5.41, 5.74) is 16.5. The third kappa shape index (κ3) is 4.48. The molecule has 0 saturated heterocycles. The van der Waals surface area contributed by atoms with Gasteiger partial charge < -0.3 is 4.57 Å². The molecule has 0 unspecified atom stereocenters. The quantitative estimate of drug-likeness (QED) is 0.188. The van der Waals surface area contributed by atoms with Gasteiger partial charge >= 0.3 is 0 Å². The lowest BCUT2D eigenvalue weighted by molar-refractivity contribution is 0.664. The maximum atomic E-state index is 9.59. The van der Waals surface area contributed by atoms with E-state index in [0.717, 1.165) is 55.6 Å². The molecular formula is C49H33N3. The van der Waals surface area contributed by atoms with Crippen molar-refractivity contribution in [1.29, 1.82) is 5.26 Å². The Morgan fingerprint density at radius 3 is 2.08 bits per heavy atom. The third-order valence-corrected chi connectivity index (χ3v) is 11.0. The minimum absolute atomic E-state index is 0.199. The normalized spacial score (nSPS) is 12.9. The average molecular weight is 664 g/mol. The number of nitriles is 1. The van der Waals surface area contributed by atoms with E-state index in [1.807, 2.05) is 24.3 Å². The lowest BCUT2D eigenvalue weighted by Crippen LogP contribution is -2.16. The summed E-state index contributed by atoms with van der Waals surface area (Å²) in [6, 6.07) is 60.5. The van der Waals surface area contributed by atoms with Crippen LogP contribution in [0.25, 0.3) is 83.0 Å². The Morgan fingerprint density at radius 1 is 0.538 bits per heavy atom. The highest BCUT2D eigenvalue weighted by atomic mass is 15.0. The van der Waals surface area contributed by atoms with E-state index in [9.17, 15) is 5.26 Å². The zero-order valence-electron chi connectivity index (χ0n) is 28.9. The van der Waals surface area contributed by atoms with Crippen LogP contribution >= 0.6 is 0 Å². The van der Waals surface area contributed by atoms with E-state index in [0.29, 0.717) is 5.56 Å². The van der Waals surface area contributed by atoms with Crippen LogP contribution in [-0.2, 0) is 5.41 Å². The van der Waals surface area contributed by atoms with Gasteiger partial charge in [-0.25, -0.2) is 4.98 Å². The second-order valence-electron chi connectivity index (χ2n) is 14.3. The fourth-order valence-electron chi connectivity index (χ4n) is 8.55. The molecule has 0 aliphatic heterocycles. The SMILES string of the molecule is CC1(C)c2ccccc2-c2ccc3c4ccccc4n(-c4cc(-c5ccc(C#N)cc5)cc(-c5cc(-c6ccccc6)c6ccccc6n5)c4)c3c21. The molecule has 0 fully saturated rings. The first-order chi connectivity index (χ1) is 25.5. The summed E-state index contributed by atoms with van der Waals surface area (Å²) in [7, 11) is 0. The van der Waals surface area contributed by atoms with Crippen LogP contribution in [0.1, 0.15) is 30.5 Å². The van der Waals surface area contributed by atoms with Crippen LogP contribution in [-0.4, -0.2) is 9.55 Å². The lowest BCUT2D eigenvalue weighted by atomic mass is 9.81. The molecule has 0 N–H and O–H groups in total. The zero-order valence-corrected chi connectivity index (χ0v) is 28.9. The summed E-state index contributed by atoms with van der Waals surface area (Å²) in [6.45, 7) is 4.73. The average Bonchev–Trinajstić information content (AvgIpc) is 3.66. The summed E-state index contributed by atoms with van der Waals surface area (Å²) >= 11 is 0. The number of benzene rings is 7. The molecule has 9 aromatic rings. The molecule has 2 aromatic heterocycles. The van der Waals surface area contributed by atoms with Gasteiger partial charge in [0.15, 0.2) is 0 Å². The molecule has 7 aromatic carbocycles. The summed E-state index contributed by atoms with van der Waals surface area (Å²) in [5, 5.41) is 13.2. The Hall–Kier alpha value is -6.76. The number of rotatable bonds is 4. The topological polar surface area (TPSA) is 41.6 Å². The van der Waals surface area contributed by atoms with E-state index in [4.69, 9.17) is 4.98 Å². The number of aromatic nitrogens is 2. The fourth-order valence-corrected chi connectivity index (χ4v) is 8.55. The zero-order chi connectivity index (χ0) is 35.0. The molecule has 0 amide bonds. The van der Waals surface area contributed by atoms with Gasteiger partial charge in [0.25, 0.3) is 0 Å². The van der Waals surface area contributed by atoms with E-state index in [2.05, 4.69) is 164 Å². The van der Waals surface area contributed by atoms with Crippen LogP contribution in [0.3, 0.4) is 0 Å². The van der Waals surface area contributed by atoms with Crippen LogP contribution < -0.4 is 0 Å². The predicted molar refractivity (Wildman–Crippen MR) is 215 cm³/mol. The van der Waals surface area contributed by atoms with E-state index < -0.39 is 0 Å². The monoisotopic (exact) mass is 663 g/mol. The van der Waals surface area contributed by atoms with Crippen molar-refractivity contribution in [3.8, 4) is 56.4 Å². The van der Waals surface area contributed by atoms with Crippen LogP contribution in [0.2, 0.25) is 0 Å². The molecule has 1 aliphatic carbocycles. The van der Waals surface area contributed by atoms with E-state index in [-0.39, 0.29) is 5.41 Å². The first-order valence-corrected chi connectivity index (χ1v) is 17.8. The second kappa shape index (κ2) is 11.4. The molecule has 3 heteroatoms. The minimum atomic E-state index is -0.199. The summed E-state index contributed by atoms with van der Waals surface area (Å²) in [6.07, 6.45) is 0. The van der Waals surface area contributed by atoms with E-state index >= 15 is 0 Å². The Kier molecular flexibility index (Phi) is 6.59. The van der Waals surface area contributed by atoms with Gasteiger partial charge in [0.05, 0.1) is 33.9 Å². The van der Waals surface area contributed by atoms with Crippen LogP contribution in [0.4, 0.5) is 0 Å². The van der Waals surface area contributed by atoms with Crippen molar-refractivity contribution in [3.05, 3.63) is 180 Å². The number of hydrogen-bond acceptors (Lipinski definition) is 2. The van der Waals surface area contributed by atoms with Gasteiger partial charge in [-0.1, -0.05) is 129 Å². The molecule has 0 atom stereocenters. The van der Waals surface area contributed by atoms with Crippen LogP contribution in [0.5, 0.6) is 0 Å². The van der Waals surface area contributed by atoms with E-state index in [1.165, 1.54) is 38.5 Å². The maximum absolute atomic E-state index is 9.59. The Bertz CT molecular complexity index is 2920. The highest BCUT2D eigenvalue weighted by molar-refractivity contribution is 6.13. The van der Waals surface area contributed by atoms with Gasteiger partial charge in [-0.2, -0.15) is 5.26 Å². The van der Waals surface area contributed by atoms with Crippen molar-refractivity contribution in [1.82, 2.24) is 9.55 Å². The fraction of sp³-hybridized carbons (Fsp3) is 0.0612. The summed E-state index contributed by atoms with van der Waals surface area (Å²) in [5.74, 6) is 0. The molecule has 244 valence electrons. The maximum Gasteiger partial charge on any atom is 0.0991 e. The molecule has 10 rings (SSSR count). The molecule has 0 saturated carbocycles. The van der Waals surface area contributed by atoms with Crippen molar-refractivity contribution < 1.29 is 0 Å². The standard InChI is InChI=1S/C49H33N3/c1-49(2)43-17-9-6-14-37(43)40-24-25-41-39-16-8-11-19-46(39)52(48(41)47(40)49)36-27-34(32-22-20-31(30-50)21-23-32)26-35(28-36)45-29-42(33-12-4-3-5-13-33)38-15-7-10-18-44(38)51-45/h3-29H,1-2H3. The van der Waals surface area contributed by atoms with Gasteiger partial charge in [0.2, 0.25) is 0 Å². The van der Waals surface area contributed by atoms with Crippen LogP contribution in [0.15, 0.2) is 164 Å². The molecule has 2 heterocycles. The predicted octanol–water partition coefficient (Wildman–Crippen LogP) is 12.5. The highest BCUT2D eigenvalue weighted by Crippen LogP contribution is 2.53. The van der Waals surface area contributed by atoms with Crippen molar-refractivity contribution in [2.24, 2.45) is 0 Å². The number of nitrogens with zero attached hydrogens (tertiary/aromatic N) is 3. The van der Waals surface area contributed by atoms with E-state index in [1.54, 1.807) is 0 Å². The van der Waals surface area contributed by atoms with Gasteiger partial charge in [-0.05, 0) is 93.0 Å². The van der Waals surface area contributed by atoms with Crippen molar-refractivity contribution in [3.63, 3.8) is 0 Å². The number of para-hydroxylation sites is 2. The van der Waals surface area contributed by atoms with Crippen molar-refractivity contribution >= 4 is 32.7 Å². The van der Waals surface area contributed by atoms with Crippen LogP contribution in [0, 0.1) is 11.3 Å². The molecule has 0 spiro atoms. The number of hydrogen-bond donors (Lipinski definition) is 0. The number of pyridine rings is 1. The first-order valence-electron chi connectivity index (χ1n) is 17.8. The Labute approximate surface area is 302 Å². The summed E-state index contributed by atoms with van der Waals surface area (Å²) in [4.78, 5) is 5.30. The first kappa shape index (κ1) is 30.1. The smallest absolute Gasteiger partial charge is 0.0991 e. The molecule has 1 aliphatic rings. The molecular weight excluding hydrogens is 631 g/mol. The third-order valence-electron chi connectivity index (χ3n) is 11.0. The van der Waals surface area contributed by atoms with Crippen molar-refractivity contribution in [2.45, 2.75) is 19.3 Å². The Balaban J connectivity index is 1.30. The Morgan fingerprint density at radius 2 is 1.25 bits per heavy atom. The minimum Gasteiger partial charge on any atom is -0.309 e. The summed E-state index contributed by atoms with van der Waals surface area (Å²) < 4.78 is 2.48. The van der Waals surface area contributed by atoms with Gasteiger partial charge in [0, 0.05) is 32.8 Å². The molecule has 0 radical (unpaired) electrons. The van der Waals surface area contributed by atoms with Crippen molar-refractivity contribution in [2.75, 3.05) is 0 Å². The largest absolute Gasteiger partial charge is 0.309 e. The van der Waals surface area contributed by atoms with Gasteiger partial charge in [-0.3, -0.25) is 0 Å². The highest BCUT2D eigenvalue weighted by Gasteiger charge is 2.38. The van der Waals surface area contributed by atoms with Gasteiger partial charge in [0.1, 0.15) is 0 Å². The molecule has 0 bridgehead atoms. The van der Waals surface area contributed by atoms with Gasteiger partial charge in [-0.15, -0.1) is 0 Å². The lowest BCUT2D eigenvalue weighted by Gasteiger charge is -2.24. The number of fused-ring (bicyclic) bond motifs is 8. The molecule has 52 heavy (non-hydrogen) atoms.